The van der Waals surface area contributed by atoms with Gasteiger partial charge < -0.3 is 13.7 Å². The molecule has 0 saturated carbocycles. The van der Waals surface area contributed by atoms with E-state index in [0.29, 0.717) is 47.2 Å². The molecule has 4 rings (SSSR count). The lowest BCUT2D eigenvalue weighted by molar-refractivity contribution is 0.201. The summed E-state index contributed by atoms with van der Waals surface area (Å²) >= 11 is 6.23. The molecule has 4 aromatic rings. The molecule has 0 amide bonds. The molecule has 0 aliphatic carbocycles. The molecule has 2 aromatic carbocycles. The lowest BCUT2D eigenvalue weighted by atomic mass is 10.2. The fourth-order valence-corrected chi connectivity index (χ4v) is 3.37. The highest BCUT2D eigenvalue weighted by Crippen LogP contribution is 2.26. The first-order chi connectivity index (χ1) is 15.2. The van der Waals surface area contributed by atoms with Crippen LogP contribution in [0.15, 0.2) is 57.5 Å². The number of nitrogens with zero attached hydrogens (tertiary/aromatic N) is 5. The first-order valence-electron chi connectivity index (χ1n) is 9.93. The van der Waals surface area contributed by atoms with Crippen molar-refractivity contribution in [2.75, 3.05) is 13.7 Å². The molecule has 2 aromatic heterocycles. The van der Waals surface area contributed by atoms with Crippen molar-refractivity contribution in [1.29, 1.82) is 0 Å². The highest BCUT2D eigenvalue weighted by molar-refractivity contribution is 6.33. The maximum Gasteiger partial charge on any atom is 0.249 e. The monoisotopic (exact) mass is 439 g/mol. The van der Waals surface area contributed by atoms with Gasteiger partial charge in [-0.1, -0.05) is 35.8 Å². The van der Waals surface area contributed by atoms with Gasteiger partial charge in [0.05, 0.1) is 30.8 Å². The number of hydrogen-bond donors (Lipinski definition) is 0. The van der Waals surface area contributed by atoms with E-state index in [1.54, 1.807) is 13.2 Å². The van der Waals surface area contributed by atoms with Gasteiger partial charge in [0, 0.05) is 5.56 Å². The summed E-state index contributed by atoms with van der Waals surface area (Å²) in [5.74, 6) is 2.73. The molecule has 9 heteroatoms. The zero-order chi connectivity index (χ0) is 21.6. The molecule has 0 fully saturated rings. The van der Waals surface area contributed by atoms with Crippen molar-refractivity contribution in [2.45, 2.75) is 26.4 Å². The molecule has 0 saturated heterocycles. The van der Waals surface area contributed by atoms with Crippen molar-refractivity contribution >= 4 is 11.6 Å². The Bertz CT molecular complexity index is 1130. The van der Waals surface area contributed by atoms with Crippen LogP contribution in [0, 0.1) is 0 Å². The molecule has 2 heterocycles. The van der Waals surface area contributed by atoms with Crippen LogP contribution in [0.4, 0.5) is 0 Å². The number of hydrogen-bond acceptors (Lipinski definition) is 8. The standard InChI is InChI=1S/C22H22ClN5O3/c1-3-12-28(14-20-25-26-22(30-20)17-6-4-5-7-18(17)23)13-19-24-21(27-31-19)15-8-10-16(29-2)11-9-15/h4-11H,3,12-14H2,1-2H3. The second-order valence-corrected chi connectivity index (χ2v) is 7.34. The quantitative estimate of drug-likeness (QED) is 0.365. The normalized spacial score (nSPS) is 11.2. The number of halogens is 1. The topological polar surface area (TPSA) is 90.3 Å². The van der Waals surface area contributed by atoms with Crippen molar-refractivity contribution in [1.82, 2.24) is 25.2 Å². The summed E-state index contributed by atoms with van der Waals surface area (Å²) in [6, 6.07) is 14.9. The van der Waals surface area contributed by atoms with E-state index in [0.717, 1.165) is 24.3 Å². The average molecular weight is 440 g/mol. The smallest absolute Gasteiger partial charge is 0.249 e. The number of aromatic nitrogens is 4. The minimum absolute atomic E-state index is 0.400. The number of methoxy groups -OCH3 is 1. The van der Waals surface area contributed by atoms with E-state index in [2.05, 4.69) is 32.2 Å². The first-order valence-corrected chi connectivity index (χ1v) is 10.3. The van der Waals surface area contributed by atoms with Crippen LogP contribution in [-0.2, 0) is 13.1 Å². The van der Waals surface area contributed by atoms with Crippen LogP contribution in [0.1, 0.15) is 25.1 Å². The Hall–Kier alpha value is -3.23. The maximum atomic E-state index is 6.23. The Morgan fingerprint density at radius 2 is 1.77 bits per heavy atom. The molecule has 160 valence electrons. The molecule has 0 aliphatic rings. The summed E-state index contributed by atoms with van der Waals surface area (Å²) in [6.07, 6.45) is 0.949. The zero-order valence-electron chi connectivity index (χ0n) is 17.3. The predicted molar refractivity (Wildman–Crippen MR) is 115 cm³/mol. The summed E-state index contributed by atoms with van der Waals surface area (Å²) < 4.78 is 16.5. The van der Waals surface area contributed by atoms with E-state index in [4.69, 9.17) is 25.3 Å². The summed E-state index contributed by atoms with van der Waals surface area (Å²) in [6.45, 7) is 3.85. The number of rotatable bonds is 9. The summed E-state index contributed by atoms with van der Waals surface area (Å²) in [4.78, 5) is 6.64. The molecule has 0 N–H and O–H groups in total. The Balaban J connectivity index is 1.45. The van der Waals surface area contributed by atoms with Gasteiger partial charge in [-0.3, -0.25) is 4.90 Å². The Morgan fingerprint density at radius 1 is 1.00 bits per heavy atom. The second-order valence-electron chi connectivity index (χ2n) is 6.93. The molecule has 0 radical (unpaired) electrons. The maximum absolute atomic E-state index is 6.23. The Morgan fingerprint density at radius 3 is 2.52 bits per heavy atom. The van der Waals surface area contributed by atoms with Gasteiger partial charge in [-0.15, -0.1) is 10.2 Å². The largest absolute Gasteiger partial charge is 0.497 e. The van der Waals surface area contributed by atoms with E-state index in [-0.39, 0.29) is 0 Å². The van der Waals surface area contributed by atoms with Gasteiger partial charge in [0.25, 0.3) is 0 Å². The molecule has 0 aliphatic heterocycles. The van der Waals surface area contributed by atoms with Crippen LogP contribution in [0.3, 0.4) is 0 Å². The van der Waals surface area contributed by atoms with E-state index >= 15 is 0 Å². The van der Waals surface area contributed by atoms with Gasteiger partial charge in [-0.25, -0.2) is 0 Å². The Labute approximate surface area is 184 Å². The van der Waals surface area contributed by atoms with Gasteiger partial charge in [0.1, 0.15) is 5.75 Å². The van der Waals surface area contributed by atoms with Crippen LogP contribution >= 0.6 is 11.6 Å². The third-order valence-electron chi connectivity index (χ3n) is 4.64. The van der Waals surface area contributed by atoms with Crippen molar-refractivity contribution in [2.24, 2.45) is 0 Å². The average Bonchev–Trinajstić information content (AvgIpc) is 3.44. The molecule has 0 bridgehead atoms. The summed E-state index contributed by atoms with van der Waals surface area (Å²) in [5, 5.41) is 13.0. The van der Waals surface area contributed by atoms with Crippen molar-refractivity contribution in [3.8, 4) is 28.6 Å². The van der Waals surface area contributed by atoms with Crippen molar-refractivity contribution in [3.63, 3.8) is 0 Å². The van der Waals surface area contributed by atoms with Gasteiger partial charge >= 0.3 is 0 Å². The second kappa shape index (κ2) is 9.72. The molecular formula is C22H22ClN5O3. The van der Waals surface area contributed by atoms with Gasteiger partial charge in [-0.2, -0.15) is 4.98 Å². The van der Waals surface area contributed by atoms with E-state index < -0.39 is 0 Å². The number of ether oxygens (including phenoxy) is 1. The van der Waals surface area contributed by atoms with Crippen LogP contribution in [0.2, 0.25) is 5.02 Å². The molecule has 0 atom stereocenters. The number of benzene rings is 2. The first kappa shape index (κ1) is 21.0. The Kier molecular flexibility index (Phi) is 6.59. The molecule has 0 unspecified atom stereocenters. The van der Waals surface area contributed by atoms with Gasteiger partial charge in [0.15, 0.2) is 0 Å². The lowest BCUT2D eigenvalue weighted by Crippen LogP contribution is -2.24. The van der Waals surface area contributed by atoms with Crippen LogP contribution in [0.5, 0.6) is 5.75 Å². The van der Waals surface area contributed by atoms with E-state index in [1.807, 2.05) is 42.5 Å². The van der Waals surface area contributed by atoms with Crippen LogP contribution in [-0.4, -0.2) is 38.9 Å². The van der Waals surface area contributed by atoms with Crippen LogP contribution in [0.25, 0.3) is 22.8 Å². The van der Waals surface area contributed by atoms with Crippen molar-refractivity contribution < 1.29 is 13.7 Å². The van der Waals surface area contributed by atoms with E-state index in [1.165, 1.54) is 0 Å². The fraction of sp³-hybridized carbons (Fsp3) is 0.273. The van der Waals surface area contributed by atoms with Gasteiger partial charge in [0.2, 0.25) is 23.5 Å². The van der Waals surface area contributed by atoms with Crippen LogP contribution < -0.4 is 4.74 Å². The third-order valence-corrected chi connectivity index (χ3v) is 4.97. The molecule has 31 heavy (non-hydrogen) atoms. The summed E-state index contributed by atoms with van der Waals surface area (Å²) in [5.41, 5.74) is 1.57. The molecular weight excluding hydrogens is 418 g/mol. The van der Waals surface area contributed by atoms with Gasteiger partial charge in [-0.05, 0) is 49.4 Å². The summed E-state index contributed by atoms with van der Waals surface area (Å²) in [7, 11) is 1.63. The van der Waals surface area contributed by atoms with E-state index in [9.17, 15) is 0 Å². The molecule has 8 nitrogen and oxygen atoms in total. The predicted octanol–water partition coefficient (Wildman–Crippen LogP) is 4.86. The highest BCUT2D eigenvalue weighted by atomic mass is 35.5. The SMILES string of the molecule is CCCN(Cc1nc(-c2ccc(OC)cc2)no1)Cc1nnc(-c2ccccc2Cl)o1. The minimum atomic E-state index is 0.400. The third kappa shape index (κ3) is 5.10. The molecule has 0 spiro atoms. The minimum Gasteiger partial charge on any atom is -0.497 e. The van der Waals surface area contributed by atoms with Crippen molar-refractivity contribution in [3.05, 3.63) is 65.3 Å². The fourth-order valence-electron chi connectivity index (χ4n) is 3.15. The zero-order valence-corrected chi connectivity index (χ0v) is 18.0. The highest BCUT2D eigenvalue weighted by Gasteiger charge is 2.17. The lowest BCUT2D eigenvalue weighted by Gasteiger charge is -2.17.